The smallest absolute Gasteiger partial charge is 0.338 e. The molecule has 29 heavy (non-hydrogen) atoms. The van der Waals surface area contributed by atoms with Crippen molar-refractivity contribution in [2.45, 2.75) is 13.0 Å². The lowest BCUT2D eigenvalue weighted by atomic mass is 9.95. The van der Waals surface area contributed by atoms with Crippen LogP contribution in [0.25, 0.3) is 0 Å². The molecule has 8 heteroatoms. The molecule has 0 saturated carbocycles. The molecule has 2 aliphatic heterocycles. The van der Waals surface area contributed by atoms with E-state index in [4.69, 9.17) is 16.3 Å². The number of nitrogens with zero attached hydrogens (tertiary/aromatic N) is 1. The normalized spacial score (nSPS) is 18.3. The average Bonchev–Trinajstić information content (AvgIpc) is 3.08. The van der Waals surface area contributed by atoms with Crippen LogP contribution in [0.2, 0.25) is 5.02 Å². The van der Waals surface area contributed by atoms with Crippen LogP contribution in [-0.2, 0) is 14.3 Å². The second kappa shape index (κ2) is 7.60. The molecule has 2 aromatic rings. The number of carbonyl (C=O) groups is 3. The molecule has 3 amide bonds. The summed E-state index contributed by atoms with van der Waals surface area (Å²) in [5.74, 6) is -0.892. The van der Waals surface area contributed by atoms with Crippen molar-refractivity contribution in [1.29, 1.82) is 0 Å². The highest BCUT2D eigenvalue weighted by molar-refractivity contribution is 6.30. The number of amides is 3. The fourth-order valence-electron chi connectivity index (χ4n) is 3.36. The van der Waals surface area contributed by atoms with E-state index in [1.807, 2.05) is 31.2 Å². The van der Waals surface area contributed by atoms with E-state index in [2.05, 4.69) is 10.6 Å². The number of esters is 1. The Morgan fingerprint density at radius 3 is 2.55 bits per heavy atom. The largest absolute Gasteiger partial charge is 0.456 e. The third-order valence-electron chi connectivity index (χ3n) is 4.84. The minimum Gasteiger partial charge on any atom is -0.456 e. The number of rotatable bonds is 4. The molecule has 7 nitrogen and oxygen atoms in total. The molecule has 0 radical (unpaired) electrons. The maximum absolute atomic E-state index is 12.7. The first kappa shape index (κ1) is 19.0. The predicted octanol–water partition coefficient (Wildman–Crippen LogP) is 3.16. The number of urea groups is 1. The van der Waals surface area contributed by atoms with Gasteiger partial charge in [0.2, 0.25) is 5.91 Å². The lowest BCUT2D eigenvalue weighted by molar-refractivity contribution is -0.136. The van der Waals surface area contributed by atoms with Gasteiger partial charge in [-0.2, -0.15) is 0 Å². The van der Waals surface area contributed by atoms with Crippen LogP contribution in [0.4, 0.5) is 10.5 Å². The van der Waals surface area contributed by atoms with Crippen LogP contribution in [0.5, 0.6) is 0 Å². The van der Waals surface area contributed by atoms with Crippen LogP contribution in [0.3, 0.4) is 0 Å². The standard InChI is InChI=1S/C21H18ClN3O4/c1-12-2-4-13(5-3-12)19-18-16(11-29-20(18)27)25(21(28)24-19)10-17(26)23-15-8-6-14(22)7-9-15/h2-9,19H,10-11H2,1H3,(H,23,26)(H,24,28). The van der Waals surface area contributed by atoms with Gasteiger partial charge in [-0.1, -0.05) is 41.4 Å². The van der Waals surface area contributed by atoms with Gasteiger partial charge in [0.05, 0.1) is 17.3 Å². The summed E-state index contributed by atoms with van der Waals surface area (Å²) in [5, 5.41) is 6.07. The van der Waals surface area contributed by atoms with E-state index in [0.717, 1.165) is 11.1 Å². The Balaban J connectivity index is 1.58. The summed E-state index contributed by atoms with van der Waals surface area (Å²) in [5.41, 5.74) is 3.17. The molecule has 0 aliphatic carbocycles. The van der Waals surface area contributed by atoms with Crippen molar-refractivity contribution in [3.63, 3.8) is 0 Å². The number of aryl methyl sites for hydroxylation is 1. The molecule has 1 atom stereocenters. The van der Waals surface area contributed by atoms with Crippen molar-refractivity contribution in [2.24, 2.45) is 0 Å². The molecule has 2 aliphatic rings. The van der Waals surface area contributed by atoms with Gasteiger partial charge >= 0.3 is 12.0 Å². The number of anilines is 1. The first-order valence-electron chi connectivity index (χ1n) is 9.02. The van der Waals surface area contributed by atoms with Gasteiger partial charge in [0.15, 0.2) is 0 Å². The van der Waals surface area contributed by atoms with Crippen molar-refractivity contribution in [3.8, 4) is 0 Å². The SMILES string of the molecule is Cc1ccc(C2NC(=O)N(CC(=O)Nc3ccc(Cl)cc3)C3=C2C(=O)OC3)cc1. The molecule has 148 valence electrons. The predicted molar refractivity (Wildman–Crippen MR) is 107 cm³/mol. The van der Waals surface area contributed by atoms with Gasteiger partial charge in [-0.05, 0) is 36.8 Å². The van der Waals surface area contributed by atoms with Crippen molar-refractivity contribution < 1.29 is 19.1 Å². The van der Waals surface area contributed by atoms with E-state index in [1.54, 1.807) is 24.3 Å². The number of benzene rings is 2. The van der Waals surface area contributed by atoms with E-state index < -0.39 is 23.9 Å². The van der Waals surface area contributed by atoms with E-state index >= 15 is 0 Å². The Hall–Kier alpha value is -3.32. The summed E-state index contributed by atoms with van der Waals surface area (Å²) in [6.07, 6.45) is 0. The maximum atomic E-state index is 12.7. The van der Waals surface area contributed by atoms with Crippen LogP contribution in [0.15, 0.2) is 59.8 Å². The zero-order valence-corrected chi connectivity index (χ0v) is 16.3. The second-order valence-corrected chi connectivity index (χ2v) is 7.31. The molecule has 2 aromatic carbocycles. The summed E-state index contributed by atoms with van der Waals surface area (Å²) in [6.45, 7) is 1.67. The summed E-state index contributed by atoms with van der Waals surface area (Å²) >= 11 is 5.84. The molecule has 0 aromatic heterocycles. The number of cyclic esters (lactones) is 1. The van der Waals surface area contributed by atoms with Crippen LogP contribution >= 0.6 is 11.6 Å². The maximum Gasteiger partial charge on any atom is 0.338 e. The van der Waals surface area contributed by atoms with Gasteiger partial charge in [0, 0.05) is 10.7 Å². The van der Waals surface area contributed by atoms with E-state index in [-0.39, 0.29) is 13.2 Å². The van der Waals surface area contributed by atoms with Crippen molar-refractivity contribution >= 4 is 35.2 Å². The van der Waals surface area contributed by atoms with E-state index in [0.29, 0.717) is 22.0 Å². The first-order chi connectivity index (χ1) is 13.9. The Morgan fingerprint density at radius 2 is 1.86 bits per heavy atom. The lowest BCUT2D eigenvalue weighted by Gasteiger charge is -2.32. The van der Waals surface area contributed by atoms with Crippen LogP contribution in [0.1, 0.15) is 17.2 Å². The Labute approximate surface area is 172 Å². The Morgan fingerprint density at radius 1 is 1.17 bits per heavy atom. The highest BCUT2D eigenvalue weighted by atomic mass is 35.5. The van der Waals surface area contributed by atoms with Crippen molar-refractivity contribution in [2.75, 3.05) is 18.5 Å². The summed E-state index contributed by atoms with van der Waals surface area (Å²) < 4.78 is 5.17. The Kier molecular flexibility index (Phi) is 4.98. The van der Waals surface area contributed by atoms with Gasteiger partial charge in [0.1, 0.15) is 13.2 Å². The van der Waals surface area contributed by atoms with Gasteiger partial charge < -0.3 is 15.4 Å². The summed E-state index contributed by atoms with van der Waals surface area (Å²) in [7, 11) is 0. The molecule has 2 N–H and O–H groups in total. The molecule has 0 fully saturated rings. The van der Waals surface area contributed by atoms with Crippen LogP contribution in [0, 0.1) is 6.92 Å². The quantitative estimate of drug-likeness (QED) is 0.756. The van der Waals surface area contributed by atoms with Gasteiger partial charge in [-0.15, -0.1) is 0 Å². The molecule has 4 rings (SSSR count). The highest BCUT2D eigenvalue weighted by Crippen LogP contribution is 2.35. The molecular formula is C21H18ClN3O4. The highest BCUT2D eigenvalue weighted by Gasteiger charge is 2.42. The minimum atomic E-state index is -0.608. The number of carbonyl (C=O) groups excluding carboxylic acids is 3. The second-order valence-electron chi connectivity index (χ2n) is 6.87. The molecule has 0 spiro atoms. The Bertz CT molecular complexity index is 1020. The summed E-state index contributed by atoms with van der Waals surface area (Å²) in [4.78, 5) is 38.8. The fourth-order valence-corrected chi connectivity index (χ4v) is 3.49. The topological polar surface area (TPSA) is 87.7 Å². The third-order valence-corrected chi connectivity index (χ3v) is 5.09. The number of halogens is 1. The fraction of sp³-hybridized carbons (Fsp3) is 0.190. The summed E-state index contributed by atoms with van der Waals surface area (Å²) in [6, 6.07) is 13.1. The number of hydrogen-bond donors (Lipinski definition) is 2. The zero-order chi connectivity index (χ0) is 20.5. The van der Waals surface area contributed by atoms with Gasteiger partial charge in [-0.3, -0.25) is 9.69 Å². The van der Waals surface area contributed by atoms with E-state index in [1.165, 1.54) is 4.90 Å². The van der Waals surface area contributed by atoms with E-state index in [9.17, 15) is 14.4 Å². The number of hydrogen-bond acceptors (Lipinski definition) is 4. The molecule has 0 bridgehead atoms. The molecule has 2 heterocycles. The van der Waals surface area contributed by atoms with Gasteiger partial charge in [0.25, 0.3) is 0 Å². The number of ether oxygens (including phenoxy) is 1. The molecular weight excluding hydrogens is 394 g/mol. The van der Waals surface area contributed by atoms with Crippen LogP contribution in [-0.4, -0.2) is 36.0 Å². The first-order valence-corrected chi connectivity index (χ1v) is 9.40. The minimum absolute atomic E-state index is 0.0435. The monoisotopic (exact) mass is 411 g/mol. The zero-order valence-electron chi connectivity index (χ0n) is 15.6. The molecule has 1 unspecified atom stereocenters. The van der Waals surface area contributed by atoms with Crippen LogP contribution < -0.4 is 10.6 Å². The van der Waals surface area contributed by atoms with Gasteiger partial charge in [-0.25, -0.2) is 9.59 Å². The number of nitrogens with one attached hydrogen (secondary N) is 2. The third kappa shape index (κ3) is 3.82. The lowest BCUT2D eigenvalue weighted by Crippen LogP contribution is -2.49. The van der Waals surface area contributed by atoms with Crippen molar-refractivity contribution in [1.82, 2.24) is 10.2 Å². The molecule has 0 saturated heterocycles. The average molecular weight is 412 g/mol. The van der Waals surface area contributed by atoms with Crippen molar-refractivity contribution in [3.05, 3.63) is 76.0 Å².